The Morgan fingerprint density at radius 3 is 2.66 bits per heavy atom. The van der Waals surface area contributed by atoms with E-state index in [2.05, 4.69) is 5.32 Å². The van der Waals surface area contributed by atoms with E-state index in [0.717, 1.165) is 16.9 Å². The number of ether oxygens (including phenoxy) is 2. The molecule has 6 nitrogen and oxygen atoms in total. The van der Waals surface area contributed by atoms with Crippen molar-refractivity contribution >= 4 is 28.9 Å². The number of carboxylic acid groups (broad SMARTS) is 1. The minimum Gasteiger partial charge on any atom is -0.493 e. The molecule has 32 heavy (non-hydrogen) atoms. The Hall–Kier alpha value is -3.39. The number of nitrogens with one attached hydrogen (secondary N) is 1. The molecular formula is C24H22FNO5S. The Morgan fingerprint density at radius 2 is 2.00 bits per heavy atom. The van der Waals surface area contributed by atoms with E-state index in [-0.39, 0.29) is 23.3 Å². The smallest absolute Gasteiger partial charge is 0.346 e. The molecule has 4 rings (SSSR count). The minimum atomic E-state index is -1.14. The predicted molar refractivity (Wildman–Crippen MR) is 121 cm³/mol. The van der Waals surface area contributed by atoms with Crippen molar-refractivity contribution in [1.29, 1.82) is 0 Å². The molecule has 0 saturated carbocycles. The molecule has 0 aliphatic carbocycles. The lowest BCUT2D eigenvalue weighted by Gasteiger charge is -2.27. The Balaban J connectivity index is 1.95. The van der Waals surface area contributed by atoms with Crippen LogP contribution in [-0.2, 0) is 4.79 Å². The van der Waals surface area contributed by atoms with E-state index in [1.807, 2.05) is 26.0 Å². The molecule has 1 aliphatic rings. The van der Waals surface area contributed by atoms with Gasteiger partial charge in [-0.1, -0.05) is 24.3 Å². The Labute approximate surface area is 188 Å². The highest BCUT2D eigenvalue weighted by Crippen LogP contribution is 2.52. The summed E-state index contributed by atoms with van der Waals surface area (Å²) in [5, 5.41) is 12.7. The van der Waals surface area contributed by atoms with E-state index < -0.39 is 17.7 Å². The largest absolute Gasteiger partial charge is 0.493 e. The summed E-state index contributed by atoms with van der Waals surface area (Å²) in [6.07, 6.45) is -0.0146. The van der Waals surface area contributed by atoms with Gasteiger partial charge in [-0.3, -0.25) is 4.79 Å². The molecule has 3 aromatic rings. The van der Waals surface area contributed by atoms with Crippen LogP contribution in [0.25, 0.3) is 11.1 Å². The van der Waals surface area contributed by atoms with Gasteiger partial charge in [0.15, 0.2) is 11.5 Å². The third-order valence-electron chi connectivity index (χ3n) is 5.17. The molecule has 2 N–H and O–H groups in total. The van der Waals surface area contributed by atoms with Crippen molar-refractivity contribution in [2.75, 3.05) is 12.4 Å². The van der Waals surface area contributed by atoms with Crippen LogP contribution in [0.5, 0.6) is 11.5 Å². The zero-order valence-electron chi connectivity index (χ0n) is 17.8. The minimum absolute atomic E-state index is 0.0435. The molecule has 0 fully saturated rings. The van der Waals surface area contributed by atoms with E-state index in [4.69, 9.17) is 9.47 Å². The van der Waals surface area contributed by atoms with Crippen LogP contribution in [0, 0.1) is 5.82 Å². The van der Waals surface area contributed by atoms with Gasteiger partial charge in [0.25, 0.3) is 0 Å². The zero-order valence-corrected chi connectivity index (χ0v) is 18.6. The monoisotopic (exact) mass is 455 g/mol. The van der Waals surface area contributed by atoms with Crippen molar-refractivity contribution in [3.05, 3.63) is 63.6 Å². The summed E-state index contributed by atoms with van der Waals surface area (Å²) in [4.78, 5) is 25.5. The van der Waals surface area contributed by atoms with Gasteiger partial charge in [-0.15, -0.1) is 11.3 Å². The van der Waals surface area contributed by atoms with Gasteiger partial charge >= 0.3 is 5.97 Å². The second kappa shape index (κ2) is 8.63. The van der Waals surface area contributed by atoms with Gasteiger partial charge in [0, 0.05) is 28.3 Å². The summed E-state index contributed by atoms with van der Waals surface area (Å²) < 4.78 is 25.5. The molecule has 1 unspecified atom stereocenters. The molecule has 166 valence electrons. The maximum absolute atomic E-state index is 13.9. The fraction of sp³-hybridized carbons (Fsp3) is 0.250. The summed E-state index contributed by atoms with van der Waals surface area (Å²) in [5.74, 6) is -1.27. The van der Waals surface area contributed by atoms with Gasteiger partial charge in [-0.05, 0) is 37.6 Å². The van der Waals surface area contributed by atoms with Crippen LogP contribution < -0.4 is 14.8 Å². The lowest BCUT2D eigenvalue weighted by atomic mass is 9.88. The Kier molecular flexibility index (Phi) is 5.88. The number of hydrogen-bond donors (Lipinski definition) is 2. The molecule has 1 aliphatic heterocycles. The molecule has 0 saturated heterocycles. The number of para-hydroxylation sites is 1. The van der Waals surface area contributed by atoms with Crippen LogP contribution >= 0.6 is 11.3 Å². The summed E-state index contributed by atoms with van der Waals surface area (Å²) in [6.45, 7) is 3.79. The average molecular weight is 456 g/mol. The molecule has 1 amide bonds. The van der Waals surface area contributed by atoms with E-state index >= 15 is 0 Å². The Morgan fingerprint density at radius 1 is 1.25 bits per heavy atom. The number of amides is 1. The average Bonchev–Trinajstić information content (AvgIpc) is 3.12. The number of carbonyl (C=O) groups excluding carboxylic acids is 1. The van der Waals surface area contributed by atoms with Crippen LogP contribution in [0.2, 0.25) is 0 Å². The van der Waals surface area contributed by atoms with E-state index in [9.17, 15) is 19.1 Å². The van der Waals surface area contributed by atoms with Crippen LogP contribution in [0.15, 0.2) is 42.5 Å². The molecule has 2 aromatic carbocycles. The number of hydrogen-bond acceptors (Lipinski definition) is 5. The first-order valence-electron chi connectivity index (χ1n) is 10.1. The van der Waals surface area contributed by atoms with Crippen LogP contribution in [0.1, 0.15) is 46.3 Å². The van der Waals surface area contributed by atoms with Crippen molar-refractivity contribution in [1.82, 2.24) is 0 Å². The summed E-state index contributed by atoms with van der Waals surface area (Å²) >= 11 is 1.08. The third kappa shape index (κ3) is 3.93. The summed E-state index contributed by atoms with van der Waals surface area (Å²) in [5.41, 5.74) is 1.84. The van der Waals surface area contributed by atoms with Crippen LogP contribution in [-0.4, -0.2) is 30.2 Å². The number of rotatable bonds is 6. The fourth-order valence-corrected chi connectivity index (χ4v) is 5.17. The Bertz CT molecular complexity index is 1200. The van der Waals surface area contributed by atoms with Gasteiger partial charge in [0.05, 0.1) is 18.9 Å². The maximum atomic E-state index is 13.9. The van der Waals surface area contributed by atoms with E-state index in [1.165, 1.54) is 18.2 Å². The highest BCUT2D eigenvalue weighted by atomic mass is 32.1. The topological polar surface area (TPSA) is 84.9 Å². The number of halogens is 1. The van der Waals surface area contributed by atoms with Crippen molar-refractivity contribution in [2.24, 2.45) is 0 Å². The number of carbonyl (C=O) groups is 2. The molecule has 8 heteroatoms. The quantitative estimate of drug-likeness (QED) is 0.511. The van der Waals surface area contributed by atoms with Crippen molar-refractivity contribution in [2.45, 2.75) is 32.3 Å². The van der Waals surface area contributed by atoms with Gasteiger partial charge in [0.1, 0.15) is 10.7 Å². The standard InChI is InChI=1S/C24H22FNO5S/c1-12(2)31-21-15(8-5-9-17(21)30-3)16-11-18(27)26-20-19(13-6-4-7-14(25)10-13)23(24(28)29)32-22(16)20/h4-10,12,16H,11H2,1-3H3,(H,26,27)(H,28,29). The molecule has 0 bridgehead atoms. The molecule has 0 spiro atoms. The fourth-order valence-electron chi connectivity index (χ4n) is 3.94. The molecular weight excluding hydrogens is 433 g/mol. The third-order valence-corrected chi connectivity index (χ3v) is 6.46. The van der Waals surface area contributed by atoms with Crippen molar-refractivity contribution < 1.29 is 28.6 Å². The number of carboxylic acids is 1. The lowest BCUT2D eigenvalue weighted by Crippen LogP contribution is -2.23. The van der Waals surface area contributed by atoms with Crippen molar-refractivity contribution in [3.8, 4) is 22.6 Å². The highest BCUT2D eigenvalue weighted by Gasteiger charge is 2.36. The molecule has 0 radical (unpaired) electrons. The van der Waals surface area contributed by atoms with Crippen LogP contribution in [0.4, 0.5) is 10.1 Å². The number of thiophene rings is 1. The van der Waals surface area contributed by atoms with E-state index in [1.54, 1.807) is 19.2 Å². The van der Waals surface area contributed by atoms with Gasteiger partial charge in [-0.2, -0.15) is 0 Å². The maximum Gasteiger partial charge on any atom is 0.346 e. The molecule has 1 atom stereocenters. The first-order valence-corrected chi connectivity index (χ1v) is 10.9. The van der Waals surface area contributed by atoms with Gasteiger partial charge in [-0.25, -0.2) is 9.18 Å². The number of anilines is 1. The normalized spacial score (nSPS) is 15.3. The predicted octanol–water partition coefficient (Wildman–Crippen LogP) is 5.52. The number of methoxy groups -OCH3 is 1. The highest BCUT2D eigenvalue weighted by molar-refractivity contribution is 7.15. The number of benzene rings is 2. The molecule has 1 aromatic heterocycles. The SMILES string of the molecule is COc1cccc(C2CC(=O)Nc3c2sc(C(=O)O)c3-c2cccc(F)c2)c1OC(C)C. The summed E-state index contributed by atoms with van der Waals surface area (Å²) in [7, 11) is 1.54. The zero-order chi connectivity index (χ0) is 23.0. The number of aromatic carboxylic acids is 1. The first-order chi connectivity index (χ1) is 15.3. The van der Waals surface area contributed by atoms with Gasteiger partial charge in [0.2, 0.25) is 5.91 Å². The van der Waals surface area contributed by atoms with Crippen LogP contribution in [0.3, 0.4) is 0 Å². The first kappa shape index (κ1) is 21.8. The van der Waals surface area contributed by atoms with Crippen molar-refractivity contribution in [3.63, 3.8) is 0 Å². The van der Waals surface area contributed by atoms with E-state index in [0.29, 0.717) is 33.2 Å². The second-order valence-electron chi connectivity index (χ2n) is 7.71. The molecule has 2 heterocycles. The lowest BCUT2D eigenvalue weighted by molar-refractivity contribution is -0.116. The number of fused-ring (bicyclic) bond motifs is 1. The second-order valence-corrected chi connectivity index (χ2v) is 8.76. The van der Waals surface area contributed by atoms with Gasteiger partial charge < -0.3 is 19.9 Å². The summed E-state index contributed by atoms with van der Waals surface area (Å²) in [6, 6.07) is 11.1.